The van der Waals surface area contributed by atoms with Crippen LogP contribution in [0, 0.1) is 0 Å². The van der Waals surface area contributed by atoms with Crippen molar-refractivity contribution in [1.82, 2.24) is 4.31 Å². The molecule has 0 aromatic heterocycles. The lowest BCUT2D eigenvalue weighted by Crippen LogP contribution is -2.48. The first-order chi connectivity index (χ1) is 14.0. The average molecular weight is 442 g/mol. The minimum absolute atomic E-state index is 0.0113. The van der Waals surface area contributed by atoms with Crippen molar-refractivity contribution in [3.63, 3.8) is 0 Å². The first-order valence-corrected chi connectivity index (χ1v) is 10.6. The SMILES string of the molecule is C[C@@H]1CN(S(=O)(=O)c2ccc(C(=O)Nc3cccc(C(F)(F)F)c3)cc2)C[C@@H](C)O1. The minimum atomic E-state index is -4.52. The van der Waals surface area contributed by atoms with E-state index in [1.165, 1.54) is 40.7 Å². The molecule has 2 atom stereocenters. The van der Waals surface area contributed by atoms with E-state index in [-0.39, 0.29) is 41.4 Å². The van der Waals surface area contributed by atoms with Crippen molar-refractivity contribution >= 4 is 21.6 Å². The number of nitrogens with one attached hydrogen (secondary N) is 1. The fourth-order valence-corrected chi connectivity index (χ4v) is 4.82. The highest BCUT2D eigenvalue weighted by Gasteiger charge is 2.32. The topological polar surface area (TPSA) is 75.7 Å². The smallest absolute Gasteiger partial charge is 0.373 e. The van der Waals surface area contributed by atoms with E-state index in [0.29, 0.717) is 0 Å². The Morgan fingerprint density at radius 1 is 1.07 bits per heavy atom. The van der Waals surface area contributed by atoms with Crippen molar-refractivity contribution < 1.29 is 31.1 Å². The molecule has 10 heteroatoms. The van der Waals surface area contributed by atoms with Gasteiger partial charge in [0.05, 0.1) is 22.7 Å². The summed E-state index contributed by atoms with van der Waals surface area (Å²) in [6.45, 7) is 4.04. The molecule has 1 fully saturated rings. The molecule has 0 radical (unpaired) electrons. The highest BCUT2D eigenvalue weighted by atomic mass is 32.2. The van der Waals surface area contributed by atoms with E-state index in [9.17, 15) is 26.4 Å². The normalized spacial score (nSPS) is 20.7. The fraction of sp³-hybridized carbons (Fsp3) is 0.350. The van der Waals surface area contributed by atoms with Gasteiger partial charge in [-0.1, -0.05) is 6.07 Å². The molecule has 0 bridgehead atoms. The molecule has 1 aliphatic heterocycles. The standard InChI is InChI=1S/C20H21F3N2O4S/c1-13-11-25(12-14(2)29-13)30(27,28)18-8-6-15(7-9-18)19(26)24-17-5-3-4-16(10-17)20(21,22)23/h3-10,13-14H,11-12H2,1-2H3,(H,24,26)/t13-,14-/m1/s1. The number of nitrogens with zero attached hydrogens (tertiary/aromatic N) is 1. The van der Waals surface area contributed by atoms with Gasteiger partial charge >= 0.3 is 6.18 Å². The molecule has 1 heterocycles. The van der Waals surface area contributed by atoms with Gasteiger partial charge in [0, 0.05) is 24.3 Å². The molecule has 2 aromatic rings. The summed E-state index contributed by atoms with van der Waals surface area (Å²) in [5, 5.41) is 2.39. The van der Waals surface area contributed by atoms with E-state index in [1.54, 1.807) is 13.8 Å². The van der Waals surface area contributed by atoms with Crippen LogP contribution >= 0.6 is 0 Å². The number of carbonyl (C=O) groups excluding carboxylic acids is 1. The highest BCUT2D eigenvalue weighted by molar-refractivity contribution is 7.89. The second-order valence-electron chi connectivity index (χ2n) is 7.14. The summed E-state index contributed by atoms with van der Waals surface area (Å²) in [6, 6.07) is 9.53. The quantitative estimate of drug-likeness (QED) is 0.783. The largest absolute Gasteiger partial charge is 0.416 e. The highest BCUT2D eigenvalue weighted by Crippen LogP contribution is 2.30. The van der Waals surface area contributed by atoms with Gasteiger partial charge in [-0.3, -0.25) is 4.79 Å². The maximum Gasteiger partial charge on any atom is 0.416 e. The number of carbonyl (C=O) groups is 1. The Morgan fingerprint density at radius 3 is 2.23 bits per heavy atom. The summed E-state index contributed by atoms with van der Waals surface area (Å²) in [5.41, 5.74) is -0.770. The van der Waals surface area contributed by atoms with Crippen molar-refractivity contribution in [2.75, 3.05) is 18.4 Å². The molecule has 0 spiro atoms. The first-order valence-electron chi connectivity index (χ1n) is 9.21. The molecule has 30 heavy (non-hydrogen) atoms. The third-order valence-electron chi connectivity index (χ3n) is 4.59. The number of rotatable bonds is 4. The Kier molecular flexibility index (Phi) is 6.21. The van der Waals surface area contributed by atoms with Gasteiger partial charge in [-0.05, 0) is 56.3 Å². The van der Waals surface area contributed by atoms with Crippen molar-refractivity contribution in [3.05, 3.63) is 59.7 Å². The van der Waals surface area contributed by atoms with E-state index < -0.39 is 27.7 Å². The van der Waals surface area contributed by atoms with Crippen molar-refractivity contribution in [2.24, 2.45) is 0 Å². The Balaban J connectivity index is 1.75. The van der Waals surface area contributed by atoms with Gasteiger partial charge in [0.1, 0.15) is 0 Å². The Labute approximate surface area is 172 Å². The van der Waals surface area contributed by atoms with Gasteiger partial charge in [0.25, 0.3) is 5.91 Å². The van der Waals surface area contributed by atoms with E-state index >= 15 is 0 Å². The summed E-state index contributed by atoms with van der Waals surface area (Å²) in [7, 11) is -3.75. The number of halogens is 3. The molecule has 1 saturated heterocycles. The fourth-order valence-electron chi connectivity index (χ4n) is 3.23. The summed E-state index contributed by atoms with van der Waals surface area (Å²) >= 11 is 0. The van der Waals surface area contributed by atoms with Gasteiger partial charge in [-0.2, -0.15) is 17.5 Å². The number of benzene rings is 2. The third-order valence-corrected chi connectivity index (χ3v) is 6.43. The summed E-state index contributed by atoms with van der Waals surface area (Å²) in [5.74, 6) is -0.646. The zero-order chi connectivity index (χ0) is 22.1. The maximum absolute atomic E-state index is 12.8. The second kappa shape index (κ2) is 8.37. The molecular formula is C20H21F3N2O4S. The third kappa shape index (κ3) is 5.00. The Bertz CT molecular complexity index is 1010. The Hall–Kier alpha value is -2.43. The average Bonchev–Trinajstić information content (AvgIpc) is 2.67. The molecule has 0 aliphatic carbocycles. The second-order valence-corrected chi connectivity index (χ2v) is 9.07. The van der Waals surface area contributed by atoms with E-state index in [2.05, 4.69) is 5.32 Å². The monoisotopic (exact) mass is 442 g/mol. The maximum atomic E-state index is 12.8. The Morgan fingerprint density at radius 2 is 1.67 bits per heavy atom. The molecule has 1 N–H and O–H groups in total. The van der Waals surface area contributed by atoms with Crippen LogP contribution in [0.5, 0.6) is 0 Å². The number of ether oxygens (including phenoxy) is 1. The van der Waals surface area contributed by atoms with Crippen molar-refractivity contribution in [2.45, 2.75) is 37.1 Å². The minimum Gasteiger partial charge on any atom is -0.373 e. The molecule has 0 unspecified atom stereocenters. The lowest BCUT2D eigenvalue weighted by Gasteiger charge is -2.34. The molecule has 1 aliphatic rings. The molecule has 2 aromatic carbocycles. The van der Waals surface area contributed by atoms with Crippen LogP contribution in [-0.4, -0.2) is 43.9 Å². The number of anilines is 1. The molecular weight excluding hydrogens is 421 g/mol. The van der Waals surface area contributed by atoms with Crippen LogP contribution in [0.25, 0.3) is 0 Å². The molecule has 6 nitrogen and oxygen atoms in total. The first kappa shape index (κ1) is 22.3. The number of alkyl halides is 3. The number of amides is 1. The van der Waals surface area contributed by atoms with Crippen LogP contribution in [0.4, 0.5) is 18.9 Å². The van der Waals surface area contributed by atoms with E-state index in [0.717, 1.165) is 12.1 Å². The van der Waals surface area contributed by atoms with Crippen molar-refractivity contribution in [3.8, 4) is 0 Å². The van der Waals surface area contributed by atoms with Crippen LogP contribution in [0.1, 0.15) is 29.8 Å². The predicted octanol–water partition coefficient (Wildman–Crippen LogP) is 3.76. The zero-order valence-electron chi connectivity index (χ0n) is 16.3. The van der Waals surface area contributed by atoms with Gasteiger partial charge in [0.15, 0.2) is 0 Å². The molecule has 3 rings (SSSR count). The van der Waals surface area contributed by atoms with E-state index in [4.69, 9.17) is 4.74 Å². The van der Waals surface area contributed by atoms with Crippen LogP contribution in [-0.2, 0) is 20.9 Å². The molecule has 162 valence electrons. The van der Waals surface area contributed by atoms with Gasteiger partial charge < -0.3 is 10.1 Å². The van der Waals surface area contributed by atoms with Crippen LogP contribution < -0.4 is 5.32 Å². The van der Waals surface area contributed by atoms with Crippen molar-refractivity contribution in [1.29, 1.82) is 0 Å². The lowest BCUT2D eigenvalue weighted by molar-refractivity contribution is -0.137. The number of morpholine rings is 1. The number of hydrogen-bond donors (Lipinski definition) is 1. The van der Waals surface area contributed by atoms with Gasteiger partial charge in [0.2, 0.25) is 10.0 Å². The zero-order valence-corrected chi connectivity index (χ0v) is 17.1. The molecule has 1 amide bonds. The summed E-state index contributed by atoms with van der Waals surface area (Å²) < 4.78 is 71.0. The van der Waals surface area contributed by atoms with Gasteiger partial charge in [-0.15, -0.1) is 0 Å². The molecule has 0 saturated carbocycles. The summed E-state index contributed by atoms with van der Waals surface area (Å²) in [6.07, 6.45) is -4.99. The van der Waals surface area contributed by atoms with Crippen LogP contribution in [0.3, 0.4) is 0 Å². The number of hydrogen-bond acceptors (Lipinski definition) is 4. The lowest BCUT2D eigenvalue weighted by atomic mass is 10.1. The van der Waals surface area contributed by atoms with Crippen LogP contribution in [0.2, 0.25) is 0 Å². The number of sulfonamides is 1. The van der Waals surface area contributed by atoms with Gasteiger partial charge in [-0.25, -0.2) is 8.42 Å². The summed E-state index contributed by atoms with van der Waals surface area (Å²) in [4.78, 5) is 12.4. The van der Waals surface area contributed by atoms with Crippen LogP contribution in [0.15, 0.2) is 53.4 Å². The predicted molar refractivity (Wildman–Crippen MR) is 105 cm³/mol. The van der Waals surface area contributed by atoms with E-state index in [1.807, 2.05) is 0 Å².